The lowest BCUT2D eigenvalue weighted by molar-refractivity contribution is 0.122. The number of H-pyrrole nitrogens is 1. The van der Waals surface area contributed by atoms with E-state index in [0.29, 0.717) is 29.5 Å². The van der Waals surface area contributed by atoms with Gasteiger partial charge in [-0.3, -0.25) is 9.78 Å². The van der Waals surface area contributed by atoms with E-state index >= 15 is 0 Å². The molecule has 164 valence electrons. The van der Waals surface area contributed by atoms with E-state index in [1.54, 1.807) is 31.4 Å². The summed E-state index contributed by atoms with van der Waals surface area (Å²) in [4.78, 5) is 24.1. The zero-order valence-corrected chi connectivity index (χ0v) is 18.2. The molecule has 8 nitrogen and oxygen atoms in total. The van der Waals surface area contributed by atoms with Crippen molar-refractivity contribution in [1.82, 2.24) is 9.97 Å². The van der Waals surface area contributed by atoms with Crippen molar-refractivity contribution in [2.45, 2.75) is 6.54 Å². The van der Waals surface area contributed by atoms with Crippen LogP contribution in [0.2, 0.25) is 0 Å². The summed E-state index contributed by atoms with van der Waals surface area (Å²) in [6.07, 6.45) is 0. The first-order chi connectivity index (χ1) is 15.6. The first kappa shape index (κ1) is 21.4. The Morgan fingerprint density at radius 2 is 1.84 bits per heavy atom. The minimum atomic E-state index is -0.460. The maximum absolute atomic E-state index is 12.6. The predicted molar refractivity (Wildman–Crippen MR) is 123 cm³/mol. The molecule has 3 aromatic rings. The molecule has 0 radical (unpaired) electrons. The summed E-state index contributed by atoms with van der Waals surface area (Å²) in [7, 11) is 3.44. The van der Waals surface area contributed by atoms with Crippen molar-refractivity contribution >= 4 is 11.6 Å². The monoisotopic (exact) mass is 431 g/mol. The molecule has 0 atom stereocenters. The van der Waals surface area contributed by atoms with E-state index in [-0.39, 0.29) is 5.56 Å². The van der Waals surface area contributed by atoms with Gasteiger partial charge in [0.05, 0.1) is 26.0 Å². The number of hydrogen-bond donors (Lipinski definition) is 1. The van der Waals surface area contributed by atoms with Gasteiger partial charge in [-0.1, -0.05) is 12.1 Å². The van der Waals surface area contributed by atoms with E-state index in [1.165, 1.54) is 5.69 Å². The molecular formula is C24H25N5O3. The van der Waals surface area contributed by atoms with E-state index in [2.05, 4.69) is 39.1 Å². The van der Waals surface area contributed by atoms with Gasteiger partial charge in [0.1, 0.15) is 17.4 Å². The minimum absolute atomic E-state index is 0.0119. The number of aromatic amines is 1. The Morgan fingerprint density at radius 1 is 1.16 bits per heavy atom. The molecule has 4 rings (SSSR count). The van der Waals surface area contributed by atoms with Gasteiger partial charge in [0.2, 0.25) is 5.95 Å². The van der Waals surface area contributed by atoms with Crippen molar-refractivity contribution in [3.63, 3.8) is 0 Å². The fourth-order valence-corrected chi connectivity index (χ4v) is 3.69. The van der Waals surface area contributed by atoms with Gasteiger partial charge < -0.3 is 19.3 Å². The second kappa shape index (κ2) is 9.54. The minimum Gasteiger partial charge on any atom is -0.497 e. The first-order valence-electron chi connectivity index (χ1n) is 10.4. The summed E-state index contributed by atoms with van der Waals surface area (Å²) in [6, 6.07) is 17.5. The van der Waals surface area contributed by atoms with Crippen molar-refractivity contribution in [2.24, 2.45) is 0 Å². The van der Waals surface area contributed by atoms with E-state index in [0.717, 1.165) is 31.9 Å². The molecule has 0 unspecified atom stereocenters. The number of aromatic nitrogens is 2. The van der Waals surface area contributed by atoms with Crippen LogP contribution < -0.4 is 20.1 Å². The second-order valence-corrected chi connectivity index (χ2v) is 7.58. The molecule has 1 aliphatic rings. The average molecular weight is 431 g/mol. The SMILES string of the molecule is COc1ccc(-c2nc(N(C)Cc3ccc(N4CCOCC4)cc3)[nH]c(=O)c2C#N)cc1. The molecule has 32 heavy (non-hydrogen) atoms. The molecule has 0 saturated carbocycles. The van der Waals surface area contributed by atoms with Crippen LogP contribution in [-0.2, 0) is 11.3 Å². The highest BCUT2D eigenvalue weighted by molar-refractivity contribution is 5.67. The number of rotatable bonds is 6. The standard InChI is InChI=1S/C24H25N5O3/c1-28(16-17-3-7-19(8-4-17)29-11-13-32-14-12-29)24-26-22(21(15-25)23(30)27-24)18-5-9-20(31-2)10-6-18/h3-10H,11-14,16H2,1-2H3,(H,26,27,30). The van der Waals surface area contributed by atoms with Crippen molar-refractivity contribution < 1.29 is 9.47 Å². The van der Waals surface area contributed by atoms with Crippen LogP contribution in [0.4, 0.5) is 11.6 Å². The van der Waals surface area contributed by atoms with Crippen molar-refractivity contribution in [3.8, 4) is 23.1 Å². The van der Waals surface area contributed by atoms with E-state index in [1.807, 2.05) is 18.0 Å². The van der Waals surface area contributed by atoms with Gasteiger partial charge in [-0.15, -0.1) is 0 Å². The highest BCUT2D eigenvalue weighted by atomic mass is 16.5. The molecule has 1 aliphatic heterocycles. The van der Waals surface area contributed by atoms with Gasteiger partial charge in [-0.05, 0) is 42.0 Å². The van der Waals surface area contributed by atoms with Crippen LogP contribution in [0.5, 0.6) is 5.75 Å². The van der Waals surface area contributed by atoms with Crippen LogP contribution in [0.3, 0.4) is 0 Å². The van der Waals surface area contributed by atoms with Gasteiger partial charge in [-0.2, -0.15) is 5.26 Å². The quantitative estimate of drug-likeness (QED) is 0.641. The summed E-state index contributed by atoms with van der Waals surface area (Å²) in [5.41, 5.74) is 2.82. The lowest BCUT2D eigenvalue weighted by Crippen LogP contribution is -2.36. The molecule has 1 saturated heterocycles. The van der Waals surface area contributed by atoms with Gasteiger partial charge in [0.25, 0.3) is 5.56 Å². The van der Waals surface area contributed by atoms with Gasteiger partial charge >= 0.3 is 0 Å². The van der Waals surface area contributed by atoms with E-state index in [9.17, 15) is 10.1 Å². The Morgan fingerprint density at radius 3 is 2.47 bits per heavy atom. The molecule has 1 N–H and O–H groups in total. The third kappa shape index (κ3) is 4.58. The molecule has 0 amide bonds. The Hall–Kier alpha value is -3.83. The number of ether oxygens (including phenoxy) is 2. The van der Waals surface area contributed by atoms with Crippen LogP contribution in [0.15, 0.2) is 53.3 Å². The number of benzene rings is 2. The predicted octanol–water partition coefficient (Wildman–Crippen LogP) is 2.79. The van der Waals surface area contributed by atoms with Crippen LogP contribution in [-0.4, -0.2) is 50.4 Å². The fraction of sp³-hybridized carbons (Fsp3) is 0.292. The molecule has 1 fully saturated rings. The molecular weight excluding hydrogens is 406 g/mol. The molecule has 0 spiro atoms. The van der Waals surface area contributed by atoms with Crippen molar-refractivity contribution in [2.75, 3.05) is 50.3 Å². The van der Waals surface area contributed by atoms with Crippen molar-refractivity contribution in [3.05, 3.63) is 70.0 Å². The Kier molecular flexibility index (Phi) is 6.38. The van der Waals surface area contributed by atoms with Crippen LogP contribution in [0, 0.1) is 11.3 Å². The fourth-order valence-electron chi connectivity index (χ4n) is 3.69. The Labute approximate surface area is 186 Å². The summed E-state index contributed by atoms with van der Waals surface area (Å²) in [5, 5.41) is 9.50. The zero-order valence-electron chi connectivity index (χ0n) is 18.2. The maximum atomic E-state index is 12.6. The molecule has 2 aromatic carbocycles. The van der Waals surface area contributed by atoms with Crippen molar-refractivity contribution in [1.29, 1.82) is 5.26 Å². The topological polar surface area (TPSA) is 94.5 Å². The summed E-state index contributed by atoms with van der Waals surface area (Å²) < 4.78 is 10.6. The number of nitrogens with zero attached hydrogens (tertiary/aromatic N) is 4. The number of nitriles is 1. The van der Waals surface area contributed by atoms with Gasteiger partial charge in [0.15, 0.2) is 0 Å². The largest absolute Gasteiger partial charge is 0.497 e. The molecule has 8 heteroatoms. The van der Waals surface area contributed by atoms with Crippen LogP contribution in [0.1, 0.15) is 11.1 Å². The molecule has 0 bridgehead atoms. The zero-order chi connectivity index (χ0) is 22.5. The first-order valence-corrected chi connectivity index (χ1v) is 10.4. The Balaban J connectivity index is 1.56. The van der Waals surface area contributed by atoms with E-state index < -0.39 is 5.56 Å². The summed E-state index contributed by atoms with van der Waals surface area (Å²) >= 11 is 0. The highest BCUT2D eigenvalue weighted by Gasteiger charge is 2.16. The molecule has 2 heterocycles. The lowest BCUT2D eigenvalue weighted by Gasteiger charge is -2.29. The number of methoxy groups -OCH3 is 1. The number of nitrogens with one attached hydrogen (secondary N) is 1. The smallest absolute Gasteiger partial charge is 0.270 e. The van der Waals surface area contributed by atoms with Gasteiger partial charge in [-0.25, -0.2) is 4.98 Å². The molecule has 0 aliphatic carbocycles. The lowest BCUT2D eigenvalue weighted by atomic mass is 10.1. The van der Waals surface area contributed by atoms with E-state index in [4.69, 9.17) is 9.47 Å². The third-order valence-electron chi connectivity index (χ3n) is 5.48. The normalized spacial score (nSPS) is 13.5. The summed E-state index contributed by atoms with van der Waals surface area (Å²) in [5.74, 6) is 1.09. The third-order valence-corrected chi connectivity index (χ3v) is 5.48. The highest BCUT2D eigenvalue weighted by Crippen LogP contribution is 2.24. The number of morpholine rings is 1. The number of hydrogen-bond acceptors (Lipinski definition) is 7. The van der Waals surface area contributed by atoms with Gasteiger partial charge in [0, 0.05) is 37.9 Å². The number of anilines is 2. The van der Waals surface area contributed by atoms with Crippen LogP contribution in [0.25, 0.3) is 11.3 Å². The average Bonchev–Trinajstić information content (AvgIpc) is 2.84. The second-order valence-electron chi connectivity index (χ2n) is 7.58. The maximum Gasteiger partial charge on any atom is 0.270 e. The Bertz CT molecular complexity index is 1160. The summed E-state index contributed by atoms with van der Waals surface area (Å²) in [6.45, 7) is 3.84. The molecule has 1 aromatic heterocycles. The van der Waals surface area contributed by atoms with Crippen LogP contribution >= 0.6 is 0 Å².